The number of nitrogens with zero attached hydrogens (tertiary/aromatic N) is 2. The van der Waals surface area contributed by atoms with Crippen LogP contribution in [0.2, 0.25) is 0 Å². The highest BCUT2D eigenvalue weighted by atomic mass is 16.2. The molecule has 1 aromatic carbocycles. The fraction of sp³-hybridized carbons (Fsp3) is 0.529. The maximum absolute atomic E-state index is 12.2. The Kier molecular flexibility index (Phi) is 5.81. The molecule has 2 rings (SSSR count). The van der Waals surface area contributed by atoms with E-state index in [9.17, 15) is 9.59 Å². The Bertz CT molecular complexity index is 504. The van der Waals surface area contributed by atoms with Gasteiger partial charge in [-0.25, -0.2) is 0 Å². The van der Waals surface area contributed by atoms with E-state index in [0.717, 1.165) is 31.6 Å². The number of amides is 2. The zero-order valence-corrected chi connectivity index (χ0v) is 13.4. The van der Waals surface area contributed by atoms with E-state index in [1.54, 1.807) is 11.8 Å². The molecule has 0 bridgehead atoms. The van der Waals surface area contributed by atoms with Gasteiger partial charge in [0.1, 0.15) is 0 Å². The number of benzene rings is 1. The van der Waals surface area contributed by atoms with E-state index >= 15 is 0 Å². The number of nitrogens with one attached hydrogen (secondary N) is 1. The van der Waals surface area contributed by atoms with Crippen LogP contribution in [-0.2, 0) is 9.59 Å². The Hall–Kier alpha value is -2.04. The zero-order chi connectivity index (χ0) is 15.9. The zero-order valence-electron chi connectivity index (χ0n) is 13.4. The van der Waals surface area contributed by atoms with Gasteiger partial charge in [-0.05, 0) is 25.0 Å². The third-order valence-electron chi connectivity index (χ3n) is 4.18. The lowest BCUT2D eigenvalue weighted by Gasteiger charge is -2.31. The molecule has 5 nitrogen and oxygen atoms in total. The van der Waals surface area contributed by atoms with Gasteiger partial charge in [-0.2, -0.15) is 0 Å². The summed E-state index contributed by atoms with van der Waals surface area (Å²) >= 11 is 0. The van der Waals surface area contributed by atoms with Gasteiger partial charge in [0, 0.05) is 45.8 Å². The van der Waals surface area contributed by atoms with Crippen LogP contribution in [0.4, 0.5) is 5.69 Å². The minimum atomic E-state index is -0.0697. The van der Waals surface area contributed by atoms with Crippen molar-refractivity contribution in [3.63, 3.8) is 0 Å². The van der Waals surface area contributed by atoms with Crippen LogP contribution in [0.25, 0.3) is 0 Å². The van der Waals surface area contributed by atoms with Crippen molar-refractivity contribution in [2.75, 3.05) is 38.1 Å². The van der Waals surface area contributed by atoms with Crippen LogP contribution in [0.3, 0.4) is 0 Å². The van der Waals surface area contributed by atoms with E-state index < -0.39 is 0 Å². The first kappa shape index (κ1) is 16.3. The number of carbonyl (C=O) groups excluding carboxylic acids is 2. The molecule has 1 unspecified atom stereocenters. The lowest BCUT2D eigenvalue weighted by molar-refractivity contribution is -0.133. The van der Waals surface area contributed by atoms with Crippen molar-refractivity contribution in [3.8, 4) is 0 Å². The minimum absolute atomic E-state index is 0.0568. The van der Waals surface area contributed by atoms with Gasteiger partial charge in [0.25, 0.3) is 0 Å². The highest BCUT2D eigenvalue weighted by Crippen LogP contribution is 2.16. The molecule has 120 valence electrons. The van der Waals surface area contributed by atoms with Crippen molar-refractivity contribution >= 4 is 17.5 Å². The molecule has 1 N–H and O–H groups in total. The van der Waals surface area contributed by atoms with Gasteiger partial charge in [-0.3, -0.25) is 9.59 Å². The second-order valence-electron chi connectivity index (χ2n) is 5.85. The largest absolute Gasteiger partial charge is 0.373 e. The molecule has 0 spiro atoms. The van der Waals surface area contributed by atoms with Crippen LogP contribution < -0.4 is 10.2 Å². The molecular formula is C17H25N3O2. The standard InChI is InChI=1S/C17H25N3O2/c1-14(21)20-11-6-7-15(13-20)17(22)18-10-12-19(2)16-8-4-3-5-9-16/h3-5,8-9,15H,6-7,10-13H2,1-2H3,(H,18,22). The number of hydrogen-bond donors (Lipinski definition) is 1. The number of hydrogen-bond acceptors (Lipinski definition) is 3. The molecule has 1 aromatic rings. The summed E-state index contributed by atoms with van der Waals surface area (Å²) in [6.45, 7) is 4.26. The highest BCUT2D eigenvalue weighted by molar-refractivity contribution is 5.80. The Labute approximate surface area is 132 Å². The third-order valence-corrected chi connectivity index (χ3v) is 4.18. The van der Waals surface area contributed by atoms with Gasteiger partial charge in [-0.15, -0.1) is 0 Å². The van der Waals surface area contributed by atoms with Crippen LogP contribution >= 0.6 is 0 Å². The molecule has 22 heavy (non-hydrogen) atoms. The second kappa shape index (κ2) is 7.82. The van der Waals surface area contributed by atoms with Crippen LogP contribution in [0.1, 0.15) is 19.8 Å². The molecule has 5 heteroatoms. The lowest BCUT2D eigenvalue weighted by atomic mass is 9.97. The predicted octanol–water partition coefficient (Wildman–Crippen LogP) is 1.50. The summed E-state index contributed by atoms with van der Waals surface area (Å²) in [5, 5.41) is 2.99. The van der Waals surface area contributed by atoms with Gasteiger partial charge in [0.2, 0.25) is 11.8 Å². The van der Waals surface area contributed by atoms with Crippen LogP contribution in [0.5, 0.6) is 0 Å². The normalized spacial score (nSPS) is 17.9. The topological polar surface area (TPSA) is 52.7 Å². The molecule has 0 radical (unpaired) electrons. The first-order valence-corrected chi connectivity index (χ1v) is 7.87. The van der Waals surface area contributed by atoms with Crippen LogP contribution in [-0.4, -0.2) is 49.9 Å². The van der Waals surface area contributed by atoms with Crippen molar-refractivity contribution in [1.82, 2.24) is 10.2 Å². The van der Waals surface area contributed by atoms with Gasteiger partial charge in [0.05, 0.1) is 5.92 Å². The second-order valence-corrected chi connectivity index (χ2v) is 5.85. The maximum Gasteiger partial charge on any atom is 0.224 e. The highest BCUT2D eigenvalue weighted by Gasteiger charge is 2.26. The fourth-order valence-electron chi connectivity index (χ4n) is 2.78. The Morgan fingerprint density at radius 2 is 2.05 bits per heavy atom. The van der Waals surface area contributed by atoms with E-state index in [0.29, 0.717) is 13.1 Å². The van der Waals surface area contributed by atoms with E-state index in [4.69, 9.17) is 0 Å². The van der Waals surface area contributed by atoms with Crippen molar-refractivity contribution in [2.24, 2.45) is 5.92 Å². The average Bonchev–Trinajstić information content (AvgIpc) is 2.55. The minimum Gasteiger partial charge on any atom is -0.373 e. The number of likely N-dealkylation sites (N-methyl/N-ethyl adjacent to an activating group) is 1. The van der Waals surface area contributed by atoms with Crippen LogP contribution in [0, 0.1) is 5.92 Å². The van der Waals surface area contributed by atoms with Crippen molar-refractivity contribution in [2.45, 2.75) is 19.8 Å². The number of carbonyl (C=O) groups is 2. The summed E-state index contributed by atoms with van der Waals surface area (Å²) in [6.07, 6.45) is 1.77. The molecule has 1 fully saturated rings. The summed E-state index contributed by atoms with van der Waals surface area (Å²) in [5.74, 6) is 0.0494. The number of anilines is 1. The summed E-state index contributed by atoms with van der Waals surface area (Å²) in [6, 6.07) is 10.1. The first-order valence-electron chi connectivity index (χ1n) is 7.87. The molecule has 0 aromatic heterocycles. The van der Waals surface area contributed by atoms with Crippen molar-refractivity contribution < 1.29 is 9.59 Å². The first-order chi connectivity index (χ1) is 10.6. The van der Waals surface area contributed by atoms with Gasteiger partial charge < -0.3 is 15.1 Å². The Morgan fingerprint density at radius 3 is 2.73 bits per heavy atom. The smallest absolute Gasteiger partial charge is 0.224 e. The number of piperidine rings is 1. The molecule has 2 amide bonds. The van der Waals surface area contributed by atoms with Crippen molar-refractivity contribution in [1.29, 1.82) is 0 Å². The fourth-order valence-corrected chi connectivity index (χ4v) is 2.78. The Balaban J connectivity index is 1.74. The summed E-state index contributed by atoms with van der Waals surface area (Å²) in [7, 11) is 2.01. The average molecular weight is 303 g/mol. The van der Waals surface area contributed by atoms with Gasteiger partial charge in [-0.1, -0.05) is 18.2 Å². The third kappa shape index (κ3) is 4.48. The van der Waals surface area contributed by atoms with Crippen LogP contribution in [0.15, 0.2) is 30.3 Å². The summed E-state index contributed by atoms with van der Waals surface area (Å²) in [5.41, 5.74) is 1.14. The SMILES string of the molecule is CC(=O)N1CCCC(C(=O)NCCN(C)c2ccccc2)C1. The van der Waals surface area contributed by atoms with Gasteiger partial charge >= 0.3 is 0 Å². The molecule has 1 aliphatic heterocycles. The van der Waals surface area contributed by atoms with E-state index in [1.807, 2.05) is 37.4 Å². The molecule has 1 heterocycles. The van der Waals surface area contributed by atoms with Gasteiger partial charge in [0.15, 0.2) is 0 Å². The lowest BCUT2D eigenvalue weighted by Crippen LogP contribution is -2.45. The quantitative estimate of drug-likeness (QED) is 0.897. The van der Waals surface area contributed by atoms with Crippen molar-refractivity contribution in [3.05, 3.63) is 30.3 Å². The maximum atomic E-state index is 12.2. The van der Waals surface area contributed by atoms with E-state index in [-0.39, 0.29) is 17.7 Å². The molecular weight excluding hydrogens is 278 g/mol. The van der Waals surface area contributed by atoms with E-state index in [2.05, 4.69) is 10.2 Å². The Morgan fingerprint density at radius 1 is 1.32 bits per heavy atom. The summed E-state index contributed by atoms with van der Waals surface area (Å²) in [4.78, 5) is 27.5. The summed E-state index contributed by atoms with van der Waals surface area (Å²) < 4.78 is 0. The monoisotopic (exact) mass is 303 g/mol. The number of likely N-dealkylation sites (tertiary alicyclic amines) is 1. The molecule has 1 aliphatic rings. The predicted molar refractivity (Wildman–Crippen MR) is 87.7 cm³/mol. The molecule has 1 saturated heterocycles. The number of para-hydroxylation sites is 1. The molecule has 0 aliphatic carbocycles. The number of rotatable bonds is 5. The molecule has 0 saturated carbocycles. The molecule has 1 atom stereocenters. The van der Waals surface area contributed by atoms with E-state index in [1.165, 1.54) is 0 Å².